The molecule has 0 amide bonds. The van der Waals surface area contributed by atoms with E-state index in [4.69, 9.17) is 8.83 Å². The summed E-state index contributed by atoms with van der Waals surface area (Å²) in [7, 11) is 0. The molecule has 0 fully saturated rings. The molecule has 0 radical (unpaired) electrons. The van der Waals surface area contributed by atoms with Crippen molar-refractivity contribution in [2.45, 2.75) is 0 Å². The Balaban J connectivity index is 1.09. The van der Waals surface area contributed by atoms with Crippen LogP contribution in [-0.4, -0.2) is 0 Å². The van der Waals surface area contributed by atoms with Crippen LogP contribution in [0, 0.1) is 0 Å². The largest absolute Gasteiger partial charge is 0.456 e. The number of benzene rings is 10. The molecule has 12 rings (SSSR count). The summed E-state index contributed by atoms with van der Waals surface area (Å²) in [5, 5.41) is 11.7. The third-order valence-electron chi connectivity index (χ3n) is 11.7. The number of nitrogens with zero attached hydrogens (tertiary/aromatic N) is 1. The fraction of sp³-hybridized carbons (Fsp3) is 0. The first-order chi connectivity index (χ1) is 28.3. The van der Waals surface area contributed by atoms with E-state index in [2.05, 4.69) is 193 Å². The maximum absolute atomic E-state index is 6.91. The molecule has 2 heterocycles. The summed E-state index contributed by atoms with van der Waals surface area (Å²) in [5.41, 5.74) is 11.1. The second-order valence-corrected chi connectivity index (χ2v) is 14.8. The smallest absolute Gasteiger partial charge is 0.143 e. The molecule has 2 aromatic heterocycles. The molecule has 0 N–H and O–H groups in total. The van der Waals surface area contributed by atoms with E-state index < -0.39 is 0 Å². The summed E-state index contributed by atoms with van der Waals surface area (Å²) in [6.45, 7) is 0. The van der Waals surface area contributed by atoms with Gasteiger partial charge in [0.05, 0.1) is 16.8 Å². The van der Waals surface area contributed by atoms with Crippen molar-refractivity contribution >= 4 is 93.3 Å². The van der Waals surface area contributed by atoms with Crippen molar-refractivity contribution in [2.75, 3.05) is 4.90 Å². The van der Waals surface area contributed by atoms with Gasteiger partial charge < -0.3 is 13.7 Å². The zero-order valence-corrected chi connectivity index (χ0v) is 30.8. The fourth-order valence-corrected chi connectivity index (χ4v) is 9.07. The van der Waals surface area contributed by atoms with Gasteiger partial charge in [-0.2, -0.15) is 0 Å². The van der Waals surface area contributed by atoms with Gasteiger partial charge in [-0.1, -0.05) is 158 Å². The van der Waals surface area contributed by atoms with Crippen LogP contribution in [0.15, 0.2) is 209 Å². The Morgan fingerprint density at radius 1 is 0.298 bits per heavy atom. The number of furan rings is 2. The van der Waals surface area contributed by atoms with Crippen LogP contribution < -0.4 is 4.90 Å². The Bertz CT molecular complexity index is 3530. The van der Waals surface area contributed by atoms with Crippen molar-refractivity contribution in [3.63, 3.8) is 0 Å². The highest BCUT2D eigenvalue weighted by Crippen LogP contribution is 2.48. The van der Waals surface area contributed by atoms with Crippen LogP contribution >= 0.6 is 0 Å². The predicted octanol–water partition coefficient (Wildman–Crippen LogP) is 15.7. The Kier molecular flexibility index (Phi) is 6.93. The van der Waals surface area contributed by atoms with Gasteiger partial charge in [-0.15, -0.1) is 0 Å². The molecule has 0 aliphatic carbocycles. The fourth-order valence-electron chi connectivity index (χ4n) is 9.07. The molecule has 57 heavy (non-hydrogen) atoms. The van der Waals surface area contributed by atoms with Crippen LogP contribution in [0.1, 0.15) is 0 Å². The molecule has 0 unspecified atom stereocenters. The molecule has 12 aromatic rings. The first-order valence-corrected chi connectivity index (χ1v) is 19.4. The number of hydrogen-bond donors (Lipinski definition) is 0. The zero-order chi connectivity index (χ0) is 37.5. The molecule has 10 aromatic carbocycles. The molecule has 0 atom stereocenters. The number of fused-ring (bicyclic) bond motifs is 11. The first-order valence-electron chi connectivity index (χ1n) is 19.4. The van der Waals surface area contributed by atoms with E-state index in [1.807, 2.05) is 12.1 Å². The third kappa shape index (κ3) is 4.86. The summed E-state index contributed by atoms with van der Waals surface area (Å²) < 4.78 is 13.4. The summed E-state index contributed by atoms with van der Waals surface area (Å²) in [5.74, 6) is 0. The van der Waals surface area contributed by atoms with Gasteiger partial charge in [-0.05, 0) is 80.5 Å². The van der Waals surface area contributed by atoms with Crippen LogP contribution in [0.25, 0.3) is 98.4 Å². The molecule has 0 bridgehead atoms. The average molecular weight is 728 g/mol. The SMILES string of the molecule is c1ccc(N(c2ccc(-c3cccc4c3ccc3ccccc34)cc2)c2cccc3oc4ccccc4c23)c(-c2cccc3c2oc2c4ccccc4ccc32)c1. The maximum Gasteiger partial charge on any atom is 0.143 e. The number of anilines is 3. The molecule has 3 heteroatoms. The monoisotopic (exact) mass is 727 g/mol. The topological polar surface area (TPSA) is 29.5 Å². The maximum atomic E-state index is 6.91. The van der Waals surface area contributed by atoms with E-state index in [-0.39, 0.29) is 0 Å². The lowest BCUT2D eigenvalue weighted by Crippen LogP contribution is -2.11. The highest BCUT2D eigenvalue weighted by Gasteiger charge is 2.24. The molecule has 0 aliphatic heterocycles. The molecule has 0 spiro atoms. The number of rotatable bonds is 5. The second kappa shape index (κ2) is 12.5. The van der Waals surface area contributed by atoms with E-state index in [1.165, 1.54) is 32.7 Å². The van der Waals surface area contributed by atoms with Crippen LogP contribution in [0.5, 0.6) is 0 Å². The average Bonchev–Trinajstić information content (AvgIpc) is 3.86. The predicted molar refractivity (Wildman–Crippen MR) is 239 cm³/mol. The van der Waals surface area contributed by atoms with Gasteiger partial charge in [-0.3, -0.25) is 0 Å². The van der Waals surface area contributed by atoms with Crippen molar-refractivity contribution in [1.82, 2.24) is 0 Å². The van der Waals surface area contributed by atoms with Crippen LogP contribution in [0.4, 0.5) is 17.1 Å². The van der Waals surface area contributed by atoms with Crippen LogP contribution in [-0.2, 0) is 0 Å². The molecule has 266 valence electrons. The van der Waals surface area contributed by atoms with Crippen LogP contribution in [0.3, 0.4) is 0 Å². The minimum Gasteiger partial charge on any atom is -0.456 e. The molecule has 0 aliphatic rings. The normalized spacial score (nSPS) is 11.9. The van der Waals surface area contributed by atoms with Gasteiger partial charge in [-0.25, -0.2) is 0 Å². The first kappa shape index (κ1) is 31.7. The Labute approximate surface area is 328 Å². The number of hydrogen-bond acceptors (Lipinski definition) is 3. The Morgan fingerprint density at radius 2 is 0.877 bits per heavy atom. The van der Waals surface area contributed by atoms with Gasteiger partial charge in [0.1, 0.15) is 22.3 Å². The van der Waals surface area contributed by atoms with Crippen molar-refractivity contribution < 1.29 is 8.83 Å². The molecule has 0 saturated carbocycles. The summed E-state index contributed by atoms with van der Waals surface area (Å²) in [4.78, 5) is 2.39. The van der Waals surface area contributed by atoms with Gasteiger partial charge in [0.15, 0.2) is 0 Å². The lowest BCUT2D eigenvalue weighted by Gasteiger charge is -2.28. The molecular formula is C54H33NO2. The molecule has 0 saturated heterocycles. The third-order valence-corrected chi connectivity index (χ3v) is 11.7. The lowest BCUT2D eigenvalue weighted by molar-refractivity contribution is 0.669. The standard InChI is InChI=1S/C54H33NO2/c1-3-14-38-34(12-1)28-32-42-39(18-9-19-41(38)42)36-26-30-37(31-27-36)55(49-23-11-25-51-52(49)47-17-6-8-24-50(47)56-51)48-22-7-5-16-43(48)44-20-10-21-45-46-33-29-35-13-2-4-15-40(35)53(46)57-54(44)45/h1-33H. The second-order valence-electron chi connectivity index (χ2n) is 14.8. The van der Waals surface area contributed by atoms with E-state index in [9.17, 15) is 0 Å². The van der Waals surface area contributed by atoms with E-state index in [1.54, 1.807) is 0 Å². The molecular weight excluding hydrogens is 695 g/mol. The highest BCUT2D eigenvalue weighted by atomic mass is 16.3. The van der Waals surface area contributed by atoms with Crippen molar-refractivity contribution in [2.24, 2.45) is 0 Å². The highest BCUT2D eigenvalue weighted by molar-refractivity contribution is 6.19. The lowest BCUT2D eigenvalue weighted by atomic mass is 9.94. The summed E-state index contributed by atoms with van der Waals surface area (Å²) >= 11 is 0. The Morgan fingerprint density at radius 3 is 1.74 bits per heavy atom. The van der Waals surface area contributed by atoms with Gasteiger partial charge >= 0.3 is 0 Å². The minimum atomic E-state index is 0.849. The van der Waals surface area contributed by atoms with Crippen LogP contribution in [0.2, 0.25) is 0 Å². The van der Waals surface area contributed by atoms with E-state index in [0.29, 0.717) is 0 Å². The van der Waals surface area contributed by atoms with Crippen molar-refractivity contribution in [3.8, 4) is 22.3 Å². The van der Waals surface area contributed by atoms with Gasteiger partial charge in [0, 0.05) is 38.4 Å². The molecule has 3 nitrogen and oxygen atoms in total. The zero-order valence-electron chi connectivity index (χ0n) is 30.8. The number of para-hydroxylation sites is 3. The van der Waals surface area contributed by atoms with Crippen molar-refractivity contribution in [1.29, 1.82) is 0 Å². The quantitative estimate of drug-likeness (QED) is 0.165. The van der Waals surface area contributed by atoms with Gasteiger partial charge in [0.2, 0.25) is 0 Å². The van der Waals surface area contributed by atoms with E-state index in [0.717, 1.165) is 82.8 Å². The van der Waals surface area contributed by atoms with E-state index >= 15 is 0 Å². The summed E-state index contributed by atoms with van der Waals surface area (Å²) in [6, 6.07) is 71.5. The van der Waals surface area contributed by atoms with Crippen molar-refractivity contribution in [3.05, 3.63) is 200 Å². The Hall–Kier alpha value is -7.62. The minimum absolute atomic E-state index is 0.849. The summed E-state index contributed by atoms with van der Waals surface area (Å²) in [6.07, 6.45) is 0. The van der Waals surface area contributed by atoms with Gasteiger partial charge in [0.25, 0.3) is 0 Å².